The standard InChI is InChI=1S/C22H26N4O2/c1-3-23-22(27)26-21-13-18-12-19(11-16(2)20(18)14-25-21)24-9-10-28-15-17-7-5-4-6-8-17/h4-8,11-14,24H,3,9-10,15H2,1-2H3,(H2,23,25,26,27). The zero-order valence-corrected chi connectivity index (χ0v) is 16.3. The summed E-state index contributed by atoms with van der Waals surface area (Å²) in [4.78, 5) is 16.0. The Bertz CT molecular complexity index is 928. The number of fused-ring (bicyclic) bond motifs is 1. The van der Waals surface area contributed by atoms with Gasteiger partial charge in [-0.1, -0.05) is 30.3 Å². The first-order valence-corrected chi connectivity index (χ1v) is 9.46. The number of carbonyl (C=O) groups excluding carboxylic acids is 1. The zero-order chi connectivity index (χ0) is 19.8. The number of ether oxygens (including phenoxy) is 1. The van der Waals surface area contributed by atoms with Crippen molar-refractivity contribution >= 4 is 28.3 Å². The second kappa shape index (κ2) is 9.71. The zero-order valence-electron chi connectivity index (χ0n) is 16.3. The molecule has 3 aromatic rings. The first kappa shape index (κ1) is 19.6. The van der Waals surface area contributed by atoms with Crippen molar-refractivity contribution in [2.24, 2.45) is 0 Å². The molecule has 0 aliphatic carbocycles. The second-order valence-electron chi connectivity index (χ2n) is 6.53. The normalized spacial score (nSPS) is 10.6. The van der Waals surface area contributed by atoms with Crippen molar-refractivity contribution in [2.45, 2.75) is 20.5 Å². The van der Waals surface area contributed by atoms with Crippen LogP contribution in [0.15, 0.2) is 54.7 Å². The van der Waals surface area contributed by atoms with E-state index in [0.717, 1.165) is 22.0 Å². The number of anilines is 2. The number of carbonyl (C=O) groups is 1. The minimum absolute atomic E-state index is 0.254. The fourth-order valence-electron chi connectivity index (χ4n) is 2.96. The van der Waals surface area contributed by atoms with Gasteiger partial charge in [0.25, 0.3) is 0 Å². The fourth-order valence-corrected chi connectivity index (χ4v) is 2.96. The minimum atomic E-state index is -0.254. The molecule has 3 N–H and O–H groups in total. The Morgan fingerprint density at radius 3 is 2.75 bits per heavy atom. The lowest BCUT2D eigenvalue weighted by molar-refractivity contribution is 0.130. The molecule has 0 aliphatic heterocycles. The second-order valence-corrected chi connectivity index (χ2v) is 6.53. The van der Waals surface area contributed by atoms with E-state index in [-0.39, 0.29) is 6.03 Å². The van der Waals surface area contributed by atoms with Gasteiger partial charge in [0.2, 0.25) is 0 Å². The maximum absolute atomic E-state index is 11.7. The van der Waals surface area contributed by atoms with Crippen molar-refractivity contribution in [1.82, 2.24) is 10.3 Å². The van der Waals surface area contributed by atoms with Gasteiger partial charge in [0, 0.05) is 30.4 Å². The van der Waals surface area contributed by atoms with Gasteiger partial charge in [-0.25, -0.2) is 9.78 Å². The lowest BCUT2D eigenvalue weighted by Crippen LogP contribution is -2.28. The molecule has 0 aliphatic rings. The Labute approximate surface area is 165 Å². The largest absolute Gasteiger partial charge is 0.383 e. The van der Waals surface area contributed by atoms with Crippen LogP contribution in [0.25, 0.3) is 10.8 Å². The molecule has 1 heterocycles. The van der Waals surface area contributed by atoms with E-state index in [4.69, 9.17) is 4.74 Å². The summed E-state index contributed by atoms with van der Waals surface area (Å²) in [5.41, 5.74) is 3.31. The molecule has 1 aromatic heterocycles. The number of benzene rings is 2. The van der Waals surface area contributed by atoms with Gasteiger partial charge in [0.15, 0.2) is 0 Å². The summed E-state index contributed by atoms with van der Waals surface area (Å²) < 4.78 is 5.72. The Hall–Kier alpha value is -3.12. The van der Waals surface area contributed by atoms with E-state index >= 15 is 0 Å². The number of hydrogen-bond acceptors (Lipinski definition) is 4. The summed E-state index contributed by atoms with van der Waals surface area (Å²) in [5.74, 6) is 0.529. The van der Waals surface area contributed by atoms with E-state index in [1.165, 1.54) is 5.56 Å². The highest BCUT2D eigenvalue weighted by Crippen LogP contribution is 2.24. The third kappa shape index (κ3) is 5.44. The molecule has 2 aromatic carbocycles. The molecule has 0 fully saturated rings. The molecule has 146 valence electrons. The van der Waals surface area contributed by atoms with Gasteiger partial charge in [0.05, 0.1) is 13.2 Å². The quantitative estimate of drug-likeness (QED) is 0.511. The van der Waals surface area contributed by atoms with E-state index < -0.39 is 0 Å². The van der Waals surface area contributed by atoms with Crippen molar-refractivity contribution in [3.63, 3.8) is 0 Å². The summed E-state index contributed by atoms with van der Waals surface area (Å²) in [5, 5.41) is 10.9. The Morgan fingerprint density at radius 2 is 1.96 bits per heavy atom. The number of pyridine rings is 1. The van der Waals surface area contributed by atoms with Crippen molar-refractivity contribution < 1.29 is 9.53 Å². The van der Waals surface area contributed by atoms with Gasteiger partial charge in [-0.15, -0.1) is 0 Å². The maximum Gasteiger partial charge on any atom is 0.320 e. The van der Waals surface area contributed by atoms with Crippen LogP contribution in [0.3, 0.4) is 0 Å². The van der Waals surface area contributed by atoms with E-state index in [1.54, 1.807) is 6.20 Å². The molecule has 0 radical (unpaired) electrons. The molecule has 0 spiro atoms. The number of hydrogen-bond donors (Lipinski definition) is 3. The molecule has 3 rings (SSSR count). The molecule has 0 unspecified atom stereocenters. The SMILES string of the molecule is CCNC(=O)Nc1cc2cc(NCCOCc3ccccc3)cc(C)c2cn1. The number of aromatic nitrogens is 1. The third-order valence-corrected chi connectivity index (χ3v) is 4.31. The third-order valence-electron chi connectivity index (χ3n) is 4.31. The highest BCUT2D eigenvalue weighted by molar-refractivity contribution is 5.94. The summed E-state index contributed by atoms with van der Waals surface area (Å²) >= 11 is 0. The van der Waals surface area contributed by atoms with Crippen LogP contribution in [0.5, 0.6) is 0 Å². The predicted octanol–water partition coefficient (Wildman–Crippen LogP) is 4.31. The first-order chi connectivity index (χ1) is 13.7. The van der Waals surface area contributed by atoms with Crippen LogP contribution in [0.4, 0.5) is 16.3 Å². The Balaban J connectivity index is 1.59. The smallest absolute Gasteiger partial charge is 0.320 e. The molecule has 6 nitrogen and oxygen atoms in total. The van der Waals surface area contributed by atoms with Crippen molar-refractivity contribution in [2.75, 3.05) is 30.3 Å². The monoisotopic (exact) mass is 378 g/mol. The highest BCUT2D eigenvalue weighted by atomic mass is 16.5. The summed E-state index contributed by atoms with van der Waals surface area (Å²) in [6.07, 6.45) is 1.79. The average Bonchev–Trinajstić information content (AvgIpc) is 2.68. The Morgan fingerprint density at radius 1 is 1.14 bits per heavy atom. The maximum atomic E-state index is 11.7. The molecular weight excluding hydrogens is 352 g/mol. The minimum Gasteiger partial charge on any atom is -0.383 e. The van der Waals surface area contributed by atoms with Crippen molar-refractivity contribution in [3.8, 4) is 0 Å². The number of amides is 2. The number of rotatable bonds is 8. The van der Waals surface area contributed by atoms with Crippen LogP contribution in [-0.4, -0.2) is 30.7 Å². The molecule has 0 bridgehead atoms. The van der Waals surface area contributed by atoms with Gasteiger partial charge in [0.1, 0.15) is 5.82 Å². The summed E-state index contributed by atoms with van der Waals surface area (Å²) in [6, 6.07) is 15.9. The summed E-state index contributed by atoms with van der Waals surface area (Å²) in [7, 11) is 0. The van der Waals surface area contributed by atoms with E-state index in [0.29, 0.717) is 32.1 Å². The molecule has 28 heavy (non-hydrogen) atoms. The van der Waals surface area contributed by atoms with Gasteiger partial charge in [-0.2, -0.15) is 0 Å². The number of urea groups is 1. The van der Waals surface area contributed by atoms with Gasteiger partial charge < -0.3 is 15.4 Å². The van der Waals surface area contributed by atoms with Crippen LogP contribution in [0.1, 0.15) is 18.1 Å². The van der Waals surface area contributed by atoms with Crippen LogP contribution in [0, 0.1) is 6.92 Å². The summed E-state index contributed by atoms with van der Waals surface area (Å²) in [6.45, 7) is 6.44. The first-order valence-electron chi connectivity index (χ1n) is 9.46. The molecule has 2 amide bonds. The van der Waals surface area contributed by atoms with Crippen LogP contribution in [-0.2, 0) is 11.3 Å². The molecule has 0 saturated carbocycles. The number of nitrogens with zero attached hydrogens (tertiary/aromatic N) is 1. The van der Waals surface area contributed by atoms with Crippen LogP contribution in [0.2, 0.25) is 0 Å². The molecular formula is C22H26N4O2. The van der Waals surface area contributed by atoms with Gasteiger partial charge in [-0.3, -0.25) is 5.32 Å². The van der Waals surface area contributed by atoms with E-state index in [1.807, 2.05) is 31.2 Å². The molecule has 6 heteroatoms. The number of nitrogens with one attached hydrogen (secondary N) is 3. The van der Waals surface area contributed by atoms with Gasteiger partial charge in [-0.05, 0) is 48.6 Å². The predicted molar refractivity (Wildman–Crippen MR) is 114 cm³/mol. The molecule has 0 atom stereocenters. The number of aryl methyl sites for hydroxylation is 1. The molecule has 0 saturated heterocycles. The lowest BCUT2D eigenvalue weighted by atomic mass is 10.1. The lowest BCUT2D eigenvalue weighted by Gasteiger charge is -2.12. The van der Waals surface area contributed by atoms with Crippen LogP contribution < -0.4 is 16.0 Å². The van der Waals surface area contributed by atoms with Crippen molar-refractivity contribution in [1.29, 1.82) is 0 Å². The van der Waals surface area contributed by atoms with Gasteiger partial charge >= 0.3 is 6.03 Å². The topological polar surface area (TPSA) is 75.3 Å². The highest BCUT2D eigenvalue weighted by Gasteiger charge is 2.06. The fraction of sp³-hybridized carbons (Fsp3) is 0.273. The van der Waals surface area contributed by atoms with E-state index in [9.17, 15) is 4.79 Å². The van der Waals surface area contributed by atoms with Crippen molar-refractivity contribution in [3.05, 3.63) is 65.9 Å². The van der Waals surface area contributed by atoms with E-state index in [2.05, 4.69) is 52.1 Å². The van der Waals surface area contributed by atoms with Crippen LogP contribution >= 0.6 is 0 Å². The average molecular weight is 378 g/mol. The Kier molecular flexibility index (Phi) is 6.81.